The number of thioether (sulfide) groups is 1. The molecule has 0 fully saturated rings. The van der Waals surface area contributed by atoms with E-state index in [4.69, 9.17) is 10.1 Å². The second kappa shape index (κ2) is 9.52. The maximum atomic E-state index is 12.2. The molecular weight excluding hydrogens is 410 g/mol. The Morgan fingerprint density at radius 2 is 2.00 bits per heavy atom. The first-order valence-corrected chi connectivity index (χ1v) is 11.3. The minimum atomic E-state index is -1.01. The number of fused-ring (bicyclic) bond motifs is 1. The zero-order chi connectivity index (χ0) is 22.6. The van der Waals surface area contributed by atoms with Crippen molar-refractivity contribution in [2.75, 3.05) is 11.1 Å². The van der Waals surface area contributed by atoms with E-state index in [0.29, 0.717) is 27.9 Å². The second-order valence-corrected chi connectivity index (χ2v) is 9.98. The van der Waals surface area contributed by atoms with Crippen LogP contribution < -0.4 is 5.32 Å². The lowest BCUT2D eigenvalue weighted by Crippen LogP contribution is -2.27. The Labute approximate surface area is 187 Å². The number of nitriles is 1. The number of hydrogen-bond donors (Lipinski definition) is 2. The van der Waals surface area contributed by atoms with E-state index < -0.39 is 5.97 Å². The van der Waals surface area contributed by atoms with E-state index in [2.05, 4.69) is 32.2 Å². The van der Waals surface area contributed by atoms with E-state index >= 15 is 0 Å². The van der Waals surface area contributed by atoms with Crippen LogP contribution >= 0.6 is 11.8 Å². The molecule has 1 atom stereocenters. The first-order chi connectivity index (χ1) is 14.7. The quantitative estimate of drug-likeness (QED) is 0.622. The van der Waals surface area contributed by atoms with Crippen LogP contribution in [0.2, 0.25) is 0 Å². The molecule has 1 aliphatic rings. The Hall–Kier alpha value is -2.85. The lowest BCUT2D eigenvalue weighted by atomic mass is 9.71. The Morgan fingerprint density at radius 3 is 2.61 bits per heavy atom. The number of nitrogens with zero attached hydrogens (tertiary/aromatic N) is 2. The summed E-state index contributed by atoms with van der Waals surface area (Å²) >= 11 is 1.42. The van der Waals surface area contributed by atoms with E-state index in [1.54, 1.807) is 12.1 Å². The van der Waals surface area contributed by atoms with Gasteiger partial charge in [-0.05, 0) is 66.5 Å². The molecule has 1 aromatic heterocycles. The van der Waals surface area contributed by atoms with E-state index in [1.807, 2.05) is 6.07 Å². The average Bonchev–Trinajstić information content (AvgIpc) is 2.72. The van der Waals surface area contributed by atoms with Crippen LogP contribution in [0.15, 0.2) is 35.4 Å². The molecule has 162 valence electrons. The van der Waals surface area contributed by atoms with Gasteiger partial charge in [0.15, 0.2) is 0 Å². The first kappa shape index (κ1) is 22.8. The zero-order valence-electron chi connectivity index (χ0n) is 18.1. The largest absolute Gasteiger partial charge is 0.478 e. The molecule has 1 amide bonds. The van der Waals surface area contributed by atoms with Crippen LogP contribution in [0.3, 0.4) is 0 Å². The summed E-state index contributed by atoms with van der Waals surface area (Å²) in [7, 11) is 0. The highest BCUT2D eigenvalue weighted by atomic mass is 32.2. The van der Waals surface area contributed by atoms with Gasteiger partial charge in [0.1, 0.15) is 11.1 Å². The summed E-state index contributed by atoms with van der Waals surface area (Å²) in [4.78, 5) is 27.9. The molecule has 0 aliphatic heterocycles. The predicted octanol–water partition coefficient (Wildman–Crippen LogP) is 4.92. The summed E-state index contributed by atoms with van der Waals surface area (Å²) in [6.07, 6.45) is 3.24. The Kier molecular flexibility index (Phi) is 7.01. The van der Waals surface area contributed by atoms with Crippen LogP contribution in [0.1, 0.15) is 60.8 Å². The molecule has 3 rings (SSSR count). The number of anilines is 1. The van der Waals surface area contributed by atoms with Crippen LogP contribution in [0, 0.1) is 22.7 Å². The van der Waals surface area contributed by atoms with Crippen molar-refractivity contribution in [1.82, 2.24) is 4.98 Å². The predicted molar refractivity (Wildman–Crippen MR) is 121 cm³/mol. The summed E-state index contributed by atoms with van der Waals surface area (Å²) in [5.74, 6) is -0.0846. The van der Waals surface area contributed by atoms with Gasteiger partial charge in [-0.3, -0.25) is 4.79 Å². The molecule has 0 saturated heterocycles. The molecule has 2 aromatic rings. The van der Waals surface area contributed by atoms with Gasteiger partial charge in [-0.2, -0.15) is 5.26 Å². The van der Waals surface area contributed by atoms with Crippen molar-refractivity contribution >= 4 is 29.3 Å². The number of aromatic carboxylic acids is 1. The van der Waals surface area contributed by atoms with Crippen molar-refractivity contribution < 1.29 is 14.7 Å². The van der Waals surface area contributed by atoms with Crippen LogP contribution in [0.5, 0.6) is 0 Å². The summed E-state index contributed by atoms with van der Waals surface area (Å²) in [6, 6.07) is 10.3. The SMILES string of the molecule is CC(C)(C)C1CCc2nc(SCCC(=O)Nc3ccc(C(=O)O)cc3)c(C#N)cc2C1. The summed E-state index contributed by atoms with van der Waals surface area (Å²) in [5.41, 5.74) is 3.78. The van der Waals surface area contributed by atoms with Crippen molar-refractivity contribution in [3.63, 3.8) is 0 Å². The lowest BCUT2D eigenvalue weighted by Gasteiger charge is -2.34. The van der Waals surface area contributed by atoms with Gasteiger partial charge in [-0.25, -0.2) is 9.78 Å². The number of nitrogens with one attached hydrogen (secondary N) is 1. The number of hydrogen-bond acceptors (Lipinski definition) is 5. The highest BCUT2D eigenvalue weighted by Crippen LogP contribution is 2.38. The minimum absolute atomic E-state index is 0.167. The molecule has 0 spiro atoms. The summed E-state index contributed by atoms with van der Waals surface area (Å²) in [5, 5.41) is 22.0. The number of carbonyl (C=O) groups is 2. The van der Waals surface area contributed by atoms with E-state index in [0.717, 1.165) is 25.0 Å². The fraction of sp³-hybridized carbons (Fsp3) is 0.417. The van der Waals surface area contributed by atoms with Gasteiger partial charge in [-0.1, -0.05) is 20.8 Å². The van der Waals surface area contributed by atoms with E-state index in [9.17, 15) is 14.9 Å². The van der Waals surface area contributed by atoms with Crippen molar-refractivity contribution in [3.8, 4) is 6.07 Å². The van der Waals surface area contributed by atoms with Crippen LogP contribution in [0.4, 0.5) is 5.69 Å². The van der Waals surface area contributed by atoms with Gasteiger partial charge in [0, 0.05) is 23.6 Å². The molecule has 0 radical (unpaired) electrons. The molecule has 2 N–H and O–H groups in total. The molecule has 31 heavy (non-hydrogen) atoms. The molecule has 1 aliphatic carbocycles. The number of amides is 1. The minimum Gasteiger partial charge on any atom is -0.478 e. The molecule has 7 heteroatoms. The third-order valence-corrected chi connectivity index (χ3v) is 6.67. The fourth-order valence-electron chi connectivity index (χ4n) is 3.73. The lowest BCUT2D eigenvalue weighted by molar-refractivity contribution is -0.115. The standard InChI is InChI=1S/C24H27N3O3S/c1-24(2,3)18-6-9-20-16(13-18)12-17(14-25)22(27-20)31-11-10-21(28)26-19-7-4-15(5-8-19)23(29)30/h4-5,7-8,12,18H,6,9-11,13H2,1-3H3,(H,26,28)(H,29,30). The molecule has 0 bridgehead atoms. The van der Waals surface area contributed by atoms with Gasteiger partial charge in [-0.15, -0.1) is 11.8 Å². The average molecular weight is 438 g/mol. The van der Waals surface area contributed by atoms with Gasteiger partial charge >= 0.3 is 5.97 Å². The fourth-order valence-corrected chi connectivity index (χ4v) is 4.65. The molecule has 1 aromatic carbocycles. The van der Waals surface area contributed by atoms with Crippen molar-refractivity contribution in [3.05, 3.63) is 52.7 Å². The summed E-state index contributed by atoms with van der Waals surface area (Å²) < 4.78 is 0. The Bertz CT molecular complexity index is 1020. The molecule has 1 unspecified atom stereocenters. The number of carboxylic acid groups (broad SMARTS) is 1. The molecule has 6 nitrogen and oxygen atoms in total. The smallest absolute Gasteiger partial charge is 0.335 e. The Balaban J connectivity index is 1.58. The second-order valence-electron chi connectivity index (χ2n) is 8.89. The third kappa shape index (κ3) is 5.86. The number of aryl methyl sites for hydroxylation is 1. The number of aromatic nitrogens is 1. The number of carbonyl (C=O) groups excluding carboxylic acids is 1. The van der Waals surface area contributed by atoms with Gasteiger partial charge < -0.3 is 10.4 Å². The highest BCUT2D eigenvalue weighted by molar-refractivity contribution is 7.99. The van der Waals surface area contributed by atoms with Crippen LogP contribution in [-0.2, 0) is 17.6 Å². The maximum Gasteiger partial charge on any atom is 0.335 e. The maximum absolute atomic E-state index is 12.2. The Morgan fingerprint density at radius 1 is 1.29 bits per heavy atom. The number of pyridine rings is 1. The third-order valence-electron chi connectivity index (χ3n) is 5.68. The summed E-state index contributed by atoms with van der Waals surface area (Å²) in [6.45, 7) is 6.78. The van der Waals surface area contributed by atoms with Crippen LogP contribution in [0.25, 0.3) is 0 Å². The monoisotopic (exact) mass is 437 g/mol. The van der Waals surface area contributed by atoms with Gasteiger partial charge in [0.05, 0.1) is 11.1 Å². The first-order valence-electron chi connectivity index (χ1n) is 10.4. The van der Waals surface area contributed by atoms with Crippen molar-refractivity contribution in [2.45, 2.75) is 51.5 Å². The van der Waals surface area contributed by atoms with Crippen molar-refractivity contribution in [1.29, 1.82) is 5.26 Å². The number of rotatable bonds is 6. The van der Waals surface area contributed by atoms with Crippen LogP contribution in [-0.4, -0.2) is 27.7 Å². The van der Waals surface area contributed by atoms with Gasteiger partial charge in [0.2, 0.25) is 5.91 Å². The van der Waals surface area contributed by atoms with E-state index in [-0.39, 0.29) is 23.3 Å². The number of carboxylic acids is 1. The van der Waals surface area contributed by atoms with Crippen molar-refractivity contribution in [2.24, 2.45) is 11.3 Å². The molecular formula is C24H27N3O3S. The highest BCUT2D eigenvalue weighted by Gasteiger charge is 2.30. The zero-order valence-corrected chi connectivity index (χ0v) is 18.9. The molecule has 0 saturated carbocycles. The molecule has 1 heterocycles. The normalized spacial score (nSPS) is 15.6. The van der Waals surface area contributed by atoms with Gasteiger partial charge in [0.25, 0.3) is 0 Å². The topological polar surface area (TPSA) is 103 Å². The number of benzene rings is 1. The van der Waals surface area contributed by atoms with E-state index in [1.165, 1.54) is 29.5 Å².